The lowest BCUT2D eigenvalue weighted by Crippen LogP contribution is -2.41. The van der Waals surface area contributed by atoms with Gasteiger partial charge in [0.2, 0.25) is 0 Å². The zero-order chi connectivity index (χ0) is 15.3. The molecule has 0 aromatic carbocycles. The van der Waals surface area contributed by atoms with Crippen molar-refractivity contribution in [2.75, 3.05) is 12.8 Å². The number of carboxylic acids is 1. The van der Waals surface area contributed by atoms with Crippen LogP contribution in [0, 0.1) is 6.92 Å². The predicted molar refractivity (Wildman–Crippen MR) is 71.4 cm³/mol. The highest BCUT2D eigenvalue weighted by Gasteiger charge is 2.24. The smallest absolute Gasteiger partial charge is 0.326 e. The second kappa shape index (κ2) is 6.85. The van der Waals surface area contributed by atoms with E-state index in [9.17, 15) is 14.4 Å². The van der Waals surface area contributed by atoms with Gasteiger partial charge >= 0.3 is 11.9 Å². The molecule has 0 radical (unpaired) electrons. The number of aryl methyl sites for hydroxylation is 1. The molecular formula is C11H15N3O5S. The van der Waals surface area contributed by atoms with Gasteiger partial charge in [0.25, 0.3) is 5.91 Å². The van der Waals surface area contributed by atoms with Crippen LogP contribution in [-0.2, 0) is 14.3 Å². The summed E-state index contributed by atoms with van der Waals surface area (Å²) in [4.78, 5) is 38.1. The molecule has 1 rings (SSSR count). The van der Waals surface area contributed by atoms with E-state index in [-0.39, 0.29) is 22.9 Å². The first kappa shape index (κ1) is 15.9. The van der Waals surface area contributed by atoms with Gasteiger partial charge < -0.3 is 20.9 Å². The summed E-state index contributed by atoms with van der Waals surface area (Å²) in [6, 6.07) is -1.18. The van der Waals surface area contributed by atoms with Crippen LogP contribution in [-0.4, -0.2) is 41.1 Å². The third-order valence-corrected chi connectivity index (χ3v) is 3.47. The number of rotatable bonds is 6. The molecule has 0 spiro atoms. The van der Waals surface area contributed by atoms with E-state index in [1.807, 2.05) is 0 Å². The van der Waals surface area contributed by atoms with E-state index in [0.29, 0.717) is 5.69 Å². The molecule has 0 bridgehead atoms. The van der Waals surface area contributed by atoms with E-state index in [1.54, 1.807) is 6.92 Å². The van der Waals surface area contributed by atoms with Crippen LogP contribution in [0.5, 0.6) is 0 Å². The zero-order valence-corrected chi connectivity index (χ0v) is 11.8. The second-order valence-corrected chi connectivity index (χ2v) is 4.98. The Labute approximate surface area is 118 Å². The van der Waals surface area contributed by atoms with Crippen molar-refractivity contribution in [1.29, 1.82) is 0 Å². The molecule has 20 heavy (non-hydrogen) atoms. The standard InChI is InChI=1S/C11H15N3O5S/c1-5-8(20-11(12)13-5)9(16)14-6(10(17)18)3-4-7(15)19-2/h6H,3-4H2,1-2H3,(H2,12,13)(H,14,16)(H,17,18)/t6-/m0/s1. The first-order valence-corrected chi connectivity index (χ1v) is 6.50. The number of esters is 1. The minimum absolute atomic E-state index is 0.0545. The minimum Gasteiger partial charge on any atom is -0.480 e. The molecule has 0 aliphatic rings. The fraction of sp³-hybridized carbons (Fsp3) is 0.455. The van der Waals surface area contributed by atoms with E-state index in [2.05, 4.69) is 15.0 Å². The molecule has 0 fully saturated rings. The van der Waals surface area contributed by atoms with Crippen molar-refractivity contribution in [2.45, 2.75) is 25.8 Å². The Bertz CT molecular complexity index is 528. The number of methoxy groups -OCH3 is 1. The lowest BCUT2D eigenvalue weighted by atomic mass is 10.1. The summed E-state index contributed by atoms with van der Waals surface area (Å²) in [6.45, 7) is 1.60. The Morgan fingerprint density at radius 1 is 1.50 bits per heavy atom. The number of hydrogen-bond acceptors (Lipinski definition) is 7. The van der Waals surface area contributed by atoms with Gasteiger partial charge in [0.05, 0.1) is 12.8 Å². The molecule has 1 aromatic rings. The molecular weight excluding hydrogens is 286 g/mol. The molecule has 110 valence electrons. The number of thiazole rings is 1. The van der Waals surface area contributed by atoms with Gasteiger partial charge in [-0.05, 0) is 13.3 Å². The van der Waals surface area contributed by atoms with Crippen LogP contribution < -0.4 is 11.1 Å². The number of carboxylic acid groups (broad SMARTS) is 1. The normalized spacial score (nSPS) is 11.7. The van der Waals surface area contributed by atoms with Gasteiger partial charge in [0.15, 0.2) is 5.13 Å². The summed E-state index contributed by atoms with van der Waals surface area (Å²) in [5.41, 5.74) is 5.91. The van der Waals surface area contributed by atoms with Gasteiger partial charge in [-0.25, -0.2) is 9.78 Å². The van der Waals surface area contributed by atoms with Gasteiger partial charge in [-0.15, -0.1) is 0 Å². The maximum absolute atomic E-state index is 11.9. The predicted octanol–water partition coefficient (Wildman–Crippen LogP) is 0.170. The van der Waals surface area contributed by atoms with Crippen LogP contribution in [0.15, 0.2) is 0 Å². The first-order chi connectivity index (χ1) is 9.35. The highest BCUT2D eigenvalue weighted by molar-refractivity contribution is 7.17. The Hall–Kier alpha value is -2.16. The number of nitrogens with one attached hydrogen (secondary N) is 1. The fourth-order valence-corrected chi connectivity index (χ4v) is 2.21. The monoisotopic (exact) mass is 301 g/mol. The average Bonchev–Trinajstić information content (AvgIpc) is 2.72. The number of hydrogen-bond donors (Lipinski definition) is 3. The zero-order valence-electron chi connectivity index (χ0n) is 11.0. The molecule has 4 N–H and O–H groups in total. The summed E-state index contributed by atoms with van der Waals surface area (Å²) in [5, 5.41) is 11.6. The minimum atomic E-state index is -1.22. The SMILES string of the molecule is COC(=O)CC[C@H](NC(=O)c1sc(N)nc1C)C(=O)O. The molecule has 8 nitrogen and oxygen atoms in total. The van der Waals surface area contributed by atoms with Crippen molar-refractivity contribution < 1.29 is 24.2 Å². The van der Waals surface area contributed by atoms with Crippen LogP contribution in [0.4, 0.5) is 5.13 Å². The van der Waals surface area contributed by atoms with E-state index in [1.165, 1.54) is 7.11 Å². The van der Waals surface area contributed by atoms with Gasteiger partial charge in [0.1, 0.15) is 10.9 Å². The largest absolute Gasteiger partial charge is 0.480 e. The number of aliphatic carboxylic acids is 1. The van der Waals surface area contributed by atoms with Crippen molar-refractivity contribution in [3.8, 4) is 0 Å². The quantitative estimate of drug-likeness (QED) is 0.638. The lowest BCUT2D eigenvalue weighted by Gasteiger charge is -2.13. The molecule has 9 heteroatoms. The number of nitrogens with two attached hydrogens (primary N) is 1. The van der Waals surface area contributed by atoms with E-state index < -0.39 is 23.9 Å². The van der Waals surface area contributed by atoms with Gasteiger partial charge in [-0.1, -0.05) is 11.3 Å². The van der Waals surface area contributed by atoms with E-state index in [0.717, 1.165) is 11.3 Å². The number of ether oxygens (including phenoxy) is 1. The molecule has 1 atom stereocenters. The number of amides is 1. The number of aromatic nitrogens is 1. The van der Waals surface area contributed by atoms with Crippen LogP contribution in [0.25, 0.3) is 0 Å². The molecule has 1 amide bonds. The third kappa shape index (κ3) is 4.19. The highest BCUT2D eigenvalue weighted by Crippen LogP contribution is 2.19. The number of anilines is 1. The fourth-order valence-electron chi connectivity index (χ4n) is 1.47. The maximum Gasteiger partial charge on any atom is 0.326 e. The Kier molecular flexibility index (Phi) is 5.44. The highest BCUT2D eigenvalue weighted by atomic mass is 32.1. The van der Waals surface area contributed by atoms with Gasteiger partial charge in [-0.3, -0.25) is 9.59 Å². The summed E-state index contributed by atoms with van der Waals surface area (Å²) in [7, 11) is 1.21. The molecule has 0 unspecified atom stereocenters. The van der Waals surface area contributed by atoms with Crippen LogP contribution in [0.3, 0.4) is 0 Å². The Morgan fingerprint density at radius 3 is 2.60 bits per heavy atom. The molecule has 1 heterocycles. The van der Waals surface area contributed by atoms with Crippen molar-refractivity contribution in [3.63, 3.8) is 0 Å². The second-order valence-electron chi connectivity index (χ2n) is 3.95. The van der Waals surface area contributed by atoms with Crippen molar-refractivity contribution in [3.05, 3.63) is 10.6 Å². The molecule has 1 aromatic heterocycles. The van der Waals surface area contributed by atoms with Gasteiger partial charge in [0, 0.05) is 6.42 Å². The molecule has 0 aliphatic carbocycles. The van der Waals surface area contributed by atoms with Crippen LogP contribution in [0.2, 0.25) is 0 Å². The van der Waals surface area contributed by atoms with Gasteiger partial charge in [-0.2, -0.15) is 0 Å². The Balaban J connectivity index is 2.70. The molecule has 0 saturated heterocycles. The Morgan fingerprint density at radius 2 is 2.15 bits per heavy atom. The molecule has 0 saturated carbocycles. The number of carbonyl (C=O) groups excluding carboxylic acids is 2. The summed E-state index contributed by atoms with van der Waals surface area (Å²) >= 11 is 0.975. The summed E-state index contributed by atoms with van der Waals surface area (Å²) in [5.74, 6) is -2.34. The average molecular weight is 301 g/mol. The van der Waals surface area contributed by atoms with E-state index >= 15 is 0 Å². The van der Waals surface area contributed by atoms with Crippen molar-refractivity contribution >= 4 is 34.3 Å². The number of nitrogen functional groups attached to an aromatic ring is 1. The third-order valence-electron chi connectivity index (χ3n) is 2.49. The summed E-state index contributed by atoms with van der Waals surface area (Å²) < 4.78 is 4.42. The number of carbonyl (C=O) groups is 3. The number of nitrogens with zero attached hydrogens (tertiary/aromatic N) is 1. The maximum atomic E-state index is 11.9. The summed E-state index contributed by atoms with van der Waals surface area (Å²) in [6.07, 6.45) is -0.154. The van der Waals surface area contributed by atoms with E-state index in [4.69, 9.17) is 10.8 Å². The van der Waals surface area contributed by atoms with Crippen LogP contribution in [0.1, 0.15) is 28.2 Å². The van der Waals surface area contributed by atoms with Crippen molar-refractivity contribution in [1.82, 2.24) is 10.3 Å². The van der Waals surface area contributed by atoms with Crippen LogP contribution >= 0.6 is 11.3 Å². The lowest BCUT2D eigenvalue weighted by molar-refractivity contribution is -0.142. The first-order valence-electron chi connectivity index (χ1n) is 5.68. The topological polar surface area (TPSA) is 132 Å². The van der Waals surface area contributed by atoms with Crippen molar-refractivity contribution in [2.24, 2.45) is 0 Å². The molecule has 0 aliphatic heterocycles.